The number of nitrogens with two attached hydrogens (primary N) is 1. The summed E-state index contributed by atoms with van der Waals surface area (Å²) in [5, 5.41) is 5.83. The number of imide groups is 2. The minimum atomic E-state index is -0.934. The van der Waals surface area contributed by atoms with E-state index in [9.17, 15) is 19.2 Å². The number of carbonyl (C=O) groups excluding carboxylic acids is 4. The van der Waals surface area contributed by atoms with Gasteiger partial charge in [0.2, 0.25) is 11.8 Å². The van der Waals surface area contributed by atoms with Gasteiger partial charge in [0.15, 0.2) is 0 Å². The number of amides is 4. The molecule has 4 N–H and O–H groups in total. The number of rotatable bonds is 4. The van der Waals surface area contributed by atoms with Crippen molar-refractivity contribution in [3.63, 3.8) is 0 Å². The molecule has 1 saturated heterocycles. The summed E-state index contributed by atoms with van der Waals surface area (Å²) < 4.78 is 0. The highest BCUT2D eigenvalue weighted by atomic mass is 16.2. The third-order valence-corrected chi connectivity index (χ3v) is 7.24. The Kier molecular flexibility index (Phi) is 4.71. The molecule has 0 aromatic heterocycles. The van der Waals surface area contributed by atoms with Crippen molar-refractivity contribution in [1.82, 2.24) is 15.5 Å². The largest absolute Gasteiger partial charge is 0.327 e. The maximum absolute atomic E-state index is 12.9. The molecule has 0 radical (unpaired) electrons. The summed E-state index contributed by atoms with van der Waals surface area (Å²) in [4.78, 5) is 50.3. The Morgan fingerprint density at radius 1 is 1.03 bits per heavy atom. The van der Waals surface area contributed by atoms with Crippen LogP contribution in [0.1, 0.15) is 64.8 Å². The van der Waals surface area contributed by atoms with Gasteiger partial charge in [-0.05, 0) is 61.6 Å². The summed E-state index contributed by atoms with van der Waals surface area (Å²) in [5.41, 5.74) is 7.87. The Morgan fingerprint density at radius 2 is 1.83 bits per heavy atom. The SMILES string of the molecule is N[C@@H]1C[C@H]2CC[C@@H]1[C@@H](NCc1ccc3c(c1)C(=O)N(C1CCC(=O)NC1=O)C3=O)C2. The number of hydrogen-bond donors (Lipinski definition) is 3. The average molecular weight is 410 g/mol. The second-order valence-electron chi connectivity index (χ2n) is 9.06. The van der Waals surface area contributed by atoms with Crippen molar-refractivity contribution in [2.24, 2.45) is 17.6 Å². The molecule has 30 heavy (non-hydrogen) atoms. The van der Waals surface area contributed by atoms with Crippen molar-refractivity contribution in [3.8, 4) is 0 Å². The van der Waals surface area contributed by atoms with Crippen LogP contribution in [-0.2, 0) is 16.1 Å². The van der Waals surface area contributed by atoms with Crippen molar-refractivity contribution in [2.45, 2.75) is 63.2 Å². The van der Waals surface area contributed by atoms with Crippen LogP contribution in [0.5, 0.6) is 0 Å². The molecule has 2 bridgehead atoms. The molecule has 158 valence electrons. The van der Waals surface area contributed by atoms with E-state index in [1.54, 1.807) is 12.1 Å². The molecule has 5 aliphatic rings. The van der Waals surface area contributed by atoms with Gasteiger partial charge in [-0.2, -0.15) is 0 Å². The fraction of sp³-hybridized carbons (Fsp3) is 0.545. The summed E-state index contributed by atoms with van der Waals surface area (Å²) in [7, 11) is 0. The van der Waals surface area contributed by atoms with Gasteiger partial charge >= 0.3 is 0 Å². The Bertz CT molecular complexity index is 945. The molecule has 1 aromatic carbocycles. The van der Waals surface area contributed by atoms with Gasteiger partial charge in [0, 0.05) is 25.0 Å². The summed E-state index contributed by atoms with van der Waals surface area (Å²) in [6.45, 7) is 0.605. The van der Waals surface area contributed by atoms with Gasteiger partial charge in [-0.15, -0.1) is 0 Å². The van der Waals surface area contributed by atoms with Crippen LogP contribution in [0.15, 0.2) is 18.2 Å². The first-order valence-electron chi connectivity index (χ1n) is 10.8. The van der Waals surface area contributed by atoms with Gasteiger partial charge in [-0.25, -0.2) is 0 Å². The molecule has 6 rings (SSSR count). The fourth-order valence-electron chi connectivity index (χ4n) is 5.68. The quantitative estimate of drug-likeness (QED) is 0.628. The van der Waals surface area contributed by atoms with Gasteiger partial charge in [0.05, 0.1) is 11.1 Å². The first kappa shape index (κ1) is 19.4. The Hall–Kier alpha value is -2.58. The van der Waals surface area contributed by atoms with Crippen molar-refractivity contribution in [1.29, 1.82) is 0 Å². The molecule has 8 heteroatoms. The lowest BCUT2D eigenvalue weighted by Gasteiger charge is -2.46. The van der Waals surface area contributed by atoms with Crippen molar-refractivity contribution < 1.29 is 19.2 Å². The molecule has 5 atom stereocenters. The van der Waals surface area contributed by atoms with Crippen LogP contribution in [0.3, 0.4) is 0 Å². The standard InChI is InChI=1S/C22H26N4O4/c23-16-8-11-1-4-14(16)17(9-11)24-10-12-2-3-13-15(7-12)22(30)26(21(13)29)18-5-6-19(27)25-20(18)28/h2-3,7,11,14,16-18,24H,1,4-6,8-10,23H2,(H,25,27,28)/t11-,14+,16-,17+,18?/m1/s1. The molecule has 3 saturated carbocycles. The van der Waals surface area contributed by atoms with Crippen molar-refractivity contribution >= 4 is 23.6 Å². The zero-order chi connectivity index (χ0) is 21.0. The van der Waals surface area contributed by atoms with Crippen LogP contribution in [0.25, 0.3) is 0 Å². The molecule has 1 unspecified atom stereocenters. The van der Waals surface area contributed by atoms with Gasteiger partial charge in [-0.1, -0.05) is 6.07 Å². The number of nitrogens with one attached hydrogen (secondary N) is 2. The van der Waals surface area contributed by atoms with E-state index >= 15 is 0 Å². The molecule has 0 spiro atoms. The maximum Gasteiger partial charge on any atom is 0.262 e. The molecule has 4 amide bonds. The molecular weight excluding hydrogens is 384 g/mol. The predicted octanol–water partition coefficient (Wildman–Crippen LogP) is 0.693. The van der Waals surface area contributed by atoms with Crippen LogP contribution in [0.4, 0.5) is 0 Å². The zero-order valence-corrected chi connectivity index (χ0v) is 16.7. The number of carbonyl (C=O) groups is 4. The fourth-order valence-corrected chi connectivity index (χ4v) is 5.68. The summed E-state index contributed by atoms with van der Waals surface area (Å²) in [6, 6.07) is 4.98. The lowest BCUT2D eigenvalue weighted by Crippen LogP contribution is -2.54. The Labute approximate surface area is 174 Å². The second-order valence-corrected chi connectivity index (χ2v) is 9.06. The van der Waals surface area contributed by atoms with Crippen LogP contribution < -0.4 is 16.4 Å². The van der Waals surface area contributed by atoms with E-state index in [0.29, 0.717) is 35.5 Å². The molecule has 2 heterocycles. The van der Waals surface area contributed by atoms with E-state index in [1.165, 1.54) is 12.8 Å². The lowest BCUT2D eigenvalue weighted by atomic mass is 9.65. The monoisotopic (exact) mass is 410 g/mol. The van der Waals surface area contributed by atoms with E-state index < -0.39 is 23.8 Å². The Morgan fingerprint density at radius 3 is 2.57 bits per heavy atom. The van der Waals surface area contributed by atoms with E-state index in [0.717, 1.165) is 23.3 Å². The highest BCUT2D eigenvalue weighted by Gasteiger charge is 2.45. The van der Waals surface area contributed by atoms with Gasteiger partial charge in [0.25, 0.3) is 11.8 Å². The normalized spacial score (nSPS) is 33.1. The summed E-state index contributed by atoms with van der Waals surface area (Å²) in [5.74, 6) is -0.715. The lowest BCUT2D eigenvalue weighted by molar-refractivity contribution is -0.136. The minimum Gasteiger partial charge on any atom is -0.327 e. The molecular formula is C22H26N4O4. The van der Waals surface area contributed by atoms with Gasteiger partial charge < -0.3 is 11.1 Å². The number of benzene rings is 1. The zero-order valence-electron chi connectivity index (χ0n) is 16.7. The van der Waals surface area contributed by atoms with Crippen LogP contribution in [0, 0.1) is 11.8 Å². The highest BCUT2D eigenvalue weighted by Crippen LogP contribution is 2.40. The number of nitrogens with zero attached hydrogens (tertiary/aromatic N) is 1. The number of piperidine rings is 1. The molecule has 8 nitrogen and oxygen atoms in total. The minimum absolute atomic E-state index is 0.116. The third-order valence-electron chi connectivity index (χ3n) is 7.24. The Balaban J connectivity index is 1.30. The van der Waals surface area contributed by atoms with E-state index in [2.05, 4.69) is 10.6 Å². The molecule has 3 aliphatic carbocycles. The highest BCUT2D eigenvalue weighted by molar-refractivity contribution is 6.23. The molecule has 4 fully saturated rings. The molecule has 1 aromatic rings. The number of fused-ring (bicyclic) bond motifs is 4. The van der Waals surface area contributed by atoms with Crippen LogP contribution >= 0.6 is 0 Å². The maximum atomic E-state index is 12.9. The molecule has 2 aliphatic heterocycles. The van der Waals surface area contributed by atoms with Gasteiger partial charge in [0.1, 0.15) is 6.04 Å². The summed E-state index contributed by atoms with van der Waals surface area (Å²) >= 11 is 0. The third kappa shape index (κ3) is 3.15. The summed E-state index contributed by atoms with van der Waals surface area (Å²) in [6.07, 6.45) is 4.97. The number of hydrogen-bond acceptors (Lipinski definition) is 6. The first-order valence-corrected chi connectivity index (χ1v) is 10.8. The smallest absolute Gasteiger partial charge is 0.262 e. The van der Waals surface area contributed by atoms with E-state index in [1.807, 2.05) is 6.07 Å². The van der Waals surface area contributed by atoms with E-state index in [-0.39, 0.29) is 24.8 Å². The van der Waals surface area contributed by atoms with Crippen molar-refractivity contribution in [2.75, 3.05) is 0 Å². The van der Waals surface area contributed by atoms with Gasteiger partial charge in [-0.3, -0.25) is 29.4 Å². The predicted molar refractivity (Wildman–Crippen MR) is 107 cm³/mol. The van der Waals surface area contributed by atoms with Crippen LogP contribution in [-0.4, -0.2) is 46.7 Å². The average Bonchev–Trinajstić information content (AvgIpc) is 2.97. The van der Waals surface area contributed by atoms with Crippen LogP contribution in [0.2, 0.25) is 0 Å². The first-order chi connectivity index (χ1) is 14.4. The van der Waals surface area contributed by atoms with Crippen molar-refractivity contribution in [3.05, 3.63) is 34.9 Å². The van der Waals surface area contributed by atoms with E-state index in [4.69, 9.17) is 5.73 Å². The second kappa shape index (κ2) is 7.28. The topological polar surface area (TPSA) is 122 Å².